The monoisotopic (exact) mass is 309 g/mol. The Kier molecular flexibility index (Phi) is 4.44. The van der Waals surface area contributed by atoms with Gasteiger partial charge in [0.1, 0.15) is 11.4 Å². The topological polar surface area (TPSA) is 104 Å². The van der Waals surface area contributed by atoms with E-state index in [1.807, 2.05) is 4.98 Å². The van der Waals surface area contributed by atoms with E-state index in [9.17, 15) is 14.4 Å². The molecule has 0 aliphatic rings. The van der Waals surface area contributed by atoms with Crippen LogP contribution in [-0.2, 0) is 4.79 Å². The van der Waals surface area contributed by atoms with Crippen LogP contribution in [0.2, 0.25) is 5.02 Å². The van der Waals surface area contributed by atoms with Crippen LogP contribution in [0.5, 0.6) is 5.75 Å². The number of H-pyrrole nitrogens is 2. The molecule has 0 saturated carbocycles. The summed E-state index contributed by atoms with van der Waals surface area (Å²) >= 11 is 5.73. The maximum atomic E-state index is 11.7. The molecule has 0 aliphatic heterocycles. The fraction of sp³-hybridized carbons (Fsp3) is 0.154. The fourth-order valence-corrected chi connectivity index (χ4v) is 1.73. The summed E-state index contributed by atoms with van der Waals surface area (Å²) < 4.78 is 5.24. The lowest BCUT2D eigenvalue weighted by Crippen LogP contribution is -2.30. The van der Waals surface area contributed by atoms with E-state index >= 15 is 0 Å². The van der Waals surface area contributed by atoms with Crippen LogP contribution in [-0.4, -0.2) is 22.5 Å². The highest BCUT2D eigenvalue weighted by Gasteiger charge is 2.10. The van der Waals surface area contributed by atoms with Crippen molar-refractivity contribution < 1.29 is 9.53 Å². The molecule has 0 spiro atoms. The average molecular weight is 310 g/mol. The largest absolute Gasteiger partial charge is 0.484 e. The first-order chi connectivity index (χ1) is 9.95. The summed E-state index contributed by atoms with van der Waals surface area (Å²) in [6, 6.07) is 6.50. The van der Waals surface area contributed by atoms with Crippen molar-refractivity contribution in [1.29, 1.82) is 0 Å². The van der Waals surface area contributed by atoms with Gasteiger partial charge in [-0.1, -0.05) is 11.6 Å². The van der Waals surface area contributed by atoms with Gasteiger partial charge in [-0.2, -0.15) is 0 Å². The number of ether oxygens (including phenoxy) is 1. The average Bonchev–Trinajstić information content (AvgIpc) is 2.42. The van der Waals surface area contributed by atoms with Crippen LogP contribution in [0.4, 0.5) is 5.69 Å². The number of hydrogen-bond donors (Lipinski definition) is 3. The lowest BCUT2D eigenvalue weighted by molar-refractivity contribution is -0.118. The van der Waals surface area contributed by atoms with Gasteiger partial charge in [0.25, 0.3) is 11.5 Å². The predicted octanol–water partition coefficient (Wildman–Crippen LogP) is 1.04. The van der Waals surface area contributed by atoms with Crippen molar-refractivity contribution in [1.82, 2.24) is 9.97 Å². The number of nitrogens with one attached hydrogen (secondary N) is 3. The Balaban J connectivity index is 2.01. The van der Waals surface area contributed by atoms with Crippen LogP contribution in [0, 0.1) is 6.92 Å². The molecule has 3 N–H and O–H groups in total. The summed E-state index contributed by atoms with van der Waals surface area (Å²) in [4.78, 5) is 38.7. The molecule has 1 amide bonds. The summed E-state index contributed by atoms with van der Waals surface area (Å²) in [5, 5.41) is 2.94. The number of halogens is 1. The number of hydrogen-bond acceptors (Lipinski definition) is 4. The Morgan fingerprint density at radius 2 is 1.90 bits per heavy atom. The van der Waals surface area contributed by atoms with Gasteiger partial charge in [0, 0.05) is 10.7 Å². The van der Waals surface area contributed by atoms with Gasteiger partial charge in [-0.05, 0) is 31.2 Å². The summed E-state index contributed by atoms with van der Waals surface area (Å²) in [5.74, 6) is -0.0488. The predicted molar refractivity (Wildman–Crippen MR) is 78.0 cm³/mol. The molecular weight excluding hydrogens is 298 g/mol. The third-order valence-corrected chi connectivity index (χ3v) is 2.83. The van der Waals surface area contributed by atoms with Gasteiger partial charge >= 0.3 is 5.69 Å². The number of carbonyl (C=O) groups is 1. The zero-order valence-corrected chi connectivity index (χ0v) is 11.8. The first kappa shape index (κ1) is 14.9. The molecule has 1 aromatic carbocycles. The number of anilines is 1. The van der Waals surface area contributed by atoms with Gasteiger partial charge in [0.15, 0.2) is 6.61 Å². The molecule has 0 bridgehead atoms. The van der Waals surface area contributed by atoms with Crippen LogP contribution >= 0.6 is 11.6 Å². The number of aromatic nitrogens is 2. The highest BCUT2D eigenvalue weighted by atomic mass is 35.5. The molecule has 2 rings (SSSR count). The summed E-state index contributed by atoms with van der Waals surface area (Å²) in [7, 11) is 0. The number of aryl methyl sites for hydroxylation is 1. The van der Waals surface area contributed by atoms with Crippen molar-refractivity contribution in [3.05, 3.63) is 55.8 Å². The molecule has 7 nitrogen and oxygen atoms in total. The third kappa shape index (κ3) is 3.96. The molecule has 110 valence electrons. The Bertz CT molecular complexity index is 764. The minimum Gasteiger partial charge on any atom is -0.484 e. The summed E-state index contributed by atoms with van der Waals surface area (Å²) in [6.07, 6.45) is 0. The minimum atomic E-state index is -0.670. The number of rotatable bonds is 4. The Labute approximate surface area is 123 Å². The van der Waals surface area contributed by atoms with Crippen LogP contribution in [0.25, 0.3) is 0 Å². The minimum absolute atomic E-state index is 0.0145. The fourth-order valence-electron chi connectivity index (χ4n) is 1.61. The summed E-state index contributed by atoms with van der Waals surface area (Å²) in [6.45, 7) is 1.23. The van der Waals surface area contributed by atoms with E-state index in [2.05, 4.69) is 10.3 Å². The Morgan fingerprint density at radius 3 is 2.52 bits per heavy atom. The van der Waals surface area contributed by atoms with Gasteiger partial charge in [-0.25, -0.2) is 4.79 Å². The first-order valence-corrected chi connectivity index (χ1v) is 6.35. The molecule has 0 fully saturated rings. The maximum Gasteiger partial charge on any atom is 0.326 e. The molecule has 21 heavy (non-hydrogen) atoms. The Morgan fingerprint density at radius 1 is 1.24 bits per heavy atom. The van der Waals surface area contributed by atoms with Gasteiger partial charge in [0.05, 0.1) is 0 Å². The van der Waals surface area contributed by atoms with E-state index in [1.165, 1.54) is 6.92 Å². The quantitative estimate of drug-likeness (QED) is 0.785. The molecule has 0 radical (unpaired) electrons. The number of amides is 1. The zero-order valence-electron chi connectivity index (χ0n) is 11.0. The standard InChI is InChI=1S/C13H12ClN3O4/c1-7-11(12(19)17-13(20)15-7)16-10(18)6-21-9-4-2-8(14)3-5-9/h2-5H,6H2,1H3,(H,16,18)(H2,15,17,19,20). The van der Waals surface area contributed by atoms with Crippen molar-refractivity contribution in [3.8, 4) is 5.75 Å². The Hall–Kier alpha value is -2.54. The highest BCUT2D eigenvalue weighted by Crippen LogP contribution is 2.15. The van der Waals surface area contributed by atoms with E-state index in [0.29, 0.717) is 10.8 Å². The molecule has 0 unspecified atom stereocenters. The van der Waals surface area contributed by atoms with Crippen molar-refractivity contribution in [2.45, 2.75) is 6.92 Å². The maximum absolute atomic E-state index is 11.7. The normalized spacial score (nSPS) is 10.2. The second kappa shape index (κ2) is 6.27. The lowest BCUT2D eigenvalue weighted by atomic mass is 10.3. The smallest absolute Gasteiger partial charge is 0.326 e. The number of benzene rings is 1. The van der Waals surface area contributed by atoms with E-state index in [0.717, 1.165) is 0 Å². The van der Waals surface area contributed by atoms with E-state index < -0.39 is 17.2 Å². The zero-order chi connectivity index (χ0) is 15.4. The molecule has 8 heteroatoms. The molecule has 0 aliphatic carbocycles. The first-order valence-electron chi connectivity index (χ1n) is 5.97. The lowest BCUT2D eigenvalue weighted by Gasteiger charge is -2.08. The molecule has 1 aromatic heterocycles. The van der Waals surface area contributed by atoms with Gasteiger partial charge in [-0.3, -0.25) is 14.6 Å². The van der Waals surface area contributed by atoms with Crippen LogP contribution in [0.15, 0.2) is 33.9 Å². The highest BCUT2D eigenvalue weighted by molar-refractivity contribution is 6.30. The van der Waals surface area contributed by atoms with Crippen molar-refractivity contribution in [3.63, 3.8) is 0 Å². The third-order valence-electron chi connectivity index (χ3n) is 2.58. The number of carbonyl (C=O) groups excluding carboxylic acids is 1. The molecule has 0 atom stereocenters. The molecule has 2 aromatic rings. The SMILES string of the molecule is Cc1[nH]c(=O)[nH]c(=O)c1NC(=O)COc1ccc(Cl)cc1. The van der Waals surface area contributed by atoms with E-state index in [4.69, 9.17) is 16.3 Å². The molecule has 1 heterocycles. The van der Waals surface area contributed by atoms with Crippen LogP contribution in [0.3, 0.4) is 0 Å². The van der Waals surface area contributed by atoms with Gasteiger partial charge in [0.2, 0.25) is 0 Å². The second-order valence-corrected chi connectivity index (χ2v) is 4.64. The molecule has 0 saturated heterocycles. The molecular formula is C13H12ClN3O4. The van der Waals surface area contributed by atoms with Crippen molar-refractivity contribution in [2.24, 2.45) is 0 Å². The van der Waals surface area contributed by atoms with Crippen LogP contribution in [0.1, 0.15) is 5.69 Å². The van der Waals surface area contributed by atoms with E-state index in [1.54, 1.807) is 24.3 Å². The van der Waals surface area contributed by atoms with E-state index in [-0.39, 0.29) is 18.0 Å². The second-order valence-electron chi connectivity index (χ2n) is 4.20. The van der Waals surface area contributed by atoms with Crippen LogP contribution < -0.4 is 21.3 Å². The van der Waals surface area contributed by atoms with Gasteiger partial charge in [-0.15, -0.1) is 0 Å². The number of aromatic amines is 2. The van der Waals surface area contributed by atoms with Gasteiger partial charge < -0.3 is 15.0 Å². The van der Waals surface area contributed by atoms with Crippen molar-refractivity contribution in [2.75, 3.05) is 11.9 Å². The summed E-state index contributed by atoms with van der Waals surface area (Å²) in [5.41, 5.74) is -1.05. The van der Waals surface area contributed by atoms with Crippen molar-refractivity contribution >= 4 is 23.2 Å².